The molecule has 7 heteroatoms. The SMILES string of the molecule is Cc1cc(CC(C)(C)OC(N)=O)c(N)cc1C(F)(F)F. The van der Waals surface area contributed by atoms with E-state index in [1.165, 1.54) is 13.0 Å². The fraction of sp³-hybridized carbons (Fsp3) is 0.462. The van der Waals surface area contributed by atoms with Gasteiger partial charge in [-0.05, 0) is 38.0 Å². The maximum absolute atomic E-state index is 12.7. The summed E-state index contributed by atoms with van der Waals surface area (Å²) in [5, 5.41) is 0. The zero-order chi connectivity index (χ0) is 15.7. The van der Waals surface area contributed by atoms with Crippen molar-refractivity contribution >= 4 is 11.8 Å². The monoisotopic (exact) mass is 290 g/mol. The van der Waals surface area contributed by atoms with Crippen LogP contribution < -0.4 is 11.5 Å². The minimum absolute atomic E-state index is 0.00377. The van der Waals surface area contributed by atoms with Gasteiger partial charge in [0.2, 0.25) is 0 Å². The molecule has 0 heterocycles. The number of hydrogen-bond donors (Lipinski definition) is 2. The van der Waals surface area contributed by atoms with E-state index in [2.05, 4.69) is 0 Å². The van der Waals surface area contributed by atoms with Gasteiger partial charge in [0.1, 0.15) is 5.60 Å². The van der Waals surface area contributed by atoms with E-state index in [1.54, 1.807) is 13.8 Å². The van der Waals surface area contributed by atoms with Crippen molar-refractivity contribution in [1.29, 1.82) is 0 Å². The van der Waals surface area contributed by atoms with E-state index >= 15 is 0 Å². The molecule has 0 aliphatic heterocycles. The zero-order valence-electron chi connectivity index (χ0n) is 11.5. The molecule has 112 valence electrons. The molecule has 0 aromatic heterocycles. The molecule has 0 aliphatic rings. The van der Waals surface area contributed by atoms with E-state index in [0.29, 0.717) is 5.56 Å². The number of nitrogen functional groups attached to an aromatic ring is 1. The second kappa shape index (κ2) is 5.22. The molecule has 4 nitrogen and oxygen atoms in total. The minimum atomic E-state index is -4.45. The molecule has 0 spiro atoms. The van der Waals surface area contributed by atoms with Crippen molar-refractivity contribution in [2.75, 3.05) is 5.73 Å². The summed E-state index contributed by atoms with van der Waals surface area (Å²) in [5.74, 6) is 0. The quantitative estimate of drug-likeness (QED) is 0.840. The van der Waals surface area contributed by atoms with E-state index in [4.69, 9.17) is 16.2 Å². The number of hydrogen-bond acceptors (Lipinski definition) is 3. The topological polar surface area (TPSA) is 78.3 Å². The highest BCUT2D eigenvalue weighted by Crippen LogP contribution is 2.35. The maximum Gasteiger partial charge on any atom is 0.416 e. The van der Waals surface area contributed by atoms with Crippen molar-refractivity contribution in [3.05, 3.63) is 28.8 Å². The Balaban J connectivity index is 3.10. The molecular formula is C13H17F3N2O2. The highest BCUT2D eigenvalue weighted by atomic mass is 19.4. The highest BCUT2D eigenvalue weighted by molar-refractivity contribution is 5.65. The Hall–Kier alpha value is -1.92. The first kappa shape index (κ1) is 16.1. The van der Waals surface area contributed by atoms with Crippen molar-refractivity contribution in [2.45, 2.75) is 39.0 Å². The lowest BCUT2D eigenvalue weighted by Crippen LogP contribution is -2.33. The van der Waals surface area contributed by atoms with Crippen LogP contribution in [0.3, 0.4) is 0 Å². The average Bonchev–Trinajstić information content (AvgIpc) is 2.18. The summed E-state index contributed by atoms with van der Waals surface area (Å²) in [4.78, 5) is 10.8. The van der Waals surface area contributed by atoms with Gasteiger partial charge in [-0.2, -0.15) is 13.2 Å². The molecule has 0 saturated carbocycles. The van der Waals surface area contributed by atoms with E-state index in [0.717, 1.165) is 6.07 Å². The van der Waals surface area contributed by atoms with Gasteiger partial charge in [0.05, 0.1) is 5.56 Å². The first-order valence-corrected chi connectivity index (χ1v) is 5.87. The Kier molecular flexibility index (Phi) is 4.21. The van der Waals surface area contributed by atoms with Gasteiger partial charge in [0.15, 0.2) is 0 Å². The standard InChI is InChI=1S/C13H17F3N2O2/c1-7-4-8(6-12(2,3)20-11(18)19)10(17)5-9(7)13(14,15)16/h4-5H,6,17H2,1-3H3,(H2,18,19). The Labute approximate surface area is 114 Å². The Bertz CT molecular complexity index is 525. The van der Waals surface area contributed by atoms with Crippen LogP contribution in [-0.2, 0) is 17.3 Å². The van der Waals surface area contributed by atoms with Gasteiger partial charge in [0.25, 0.3) is 0 Å². The van der Waals surface area contributed by atoms with Gasteiger partial charge in [0, 0.05) is 12.1 Å². The lowest BCUT2D eigenvalue weighted by atomic mass is 9.93. The number of alkyl halides is 3. The number of rotatable bonds is 3. The third kappa shape index (κ3) is 4.04. The molecule has 4 N–H and O–H groups in total. The summed E-state index contributed by atoms with van der Waals surface area (Å²) in [6.07, 6.45) is -5.23. The summed E-state index contributed by atoms with van der Waals surface area (Å²) in [5.41, 5.74) is 9.41. The molecule has 0 fully saturated rings. The van der Waals surface area contributed by atoms with Crippen LogP contribution in [0.5, 0.6) is 0 Å². The summed E-state index contributed by atoms with van der Waals surface area (Å²) in [7, 11) is 0. The molecule has 1 aromatic carbocycles. The summed E-state index contributed by atoms with van der Waals surface area (Å²) >= 11 is 0. The van der Waals surface area contributed by atoms with Gasteiger partial charge in [-0.1, -0.05) is 6.07 Å². The van der Waals surface area contributed by atoms with E-state index in [-0.39, 0.29) is 17.7 Å². The summed E-state index contributed by atoms with van der Waals surface area (Å²) in [6, 6.07) is 2.25. The van der Waals surface area contributed by atoms with Crippen LogP contribution in [0, 0.1) is 6.92 Å². The lowest BCUT2D eigenvalue weighted by molar-refractivity contribution is -0.138. The second-order valence-corrected chi connectivity index (χ2v) is 5.22. The largest absolute Gasteiger partial charge is 0.443 e. The van der Waals surface area contributed by atoms with Crippen LogP contribution in [0.15, 0.2) is 12.1 Å². The number of nitrogens with two attached hydrogens (primary N) is 2. The van der Waals surface area contributed by atoms with E-state index < -0.39 is 23.4 Å². The van der Waals surface area contributed by atoms with Crippen molar-refractivity contribution < 1.29 is 22.7 Å². The van der Waals surface area contributed by atoms with Gasteiger partial charge >= 0.3 is 12.3 Å². The summed E-state index contributed by atoms with van der Waals surface area (Å²) < 4.78 is 43.1. The smallest absolute Gasteiger partial charge is 0.416 e. The van der Waals surface area contributed by atoms with Gasteiger partial charge < -0.3 is 16.2 Å². The molecule has 0 aliphatic carbocycles. The first-order valence-electron chi connectivity index (χ1n) is 5.87. The molecule has 1 aromatic rings. The van der Waals surface area contributed by atoms with Crippen LogP contribution >= 0.6 is 0 Å². The fourth-order valence-electron chi connectivity index (χ4n) is 2.01. The molecule has 1 rings (SSSR count). The Morgan fingerprint density at radius 1 is 1.30 bits per heavy atom. The second-order valence-electron chi connectivity index (χ2n) is 5.22. The van der Waals surface area contributed by atoms with Crippen LogP contribution in [0.1, 0.15) is 30.5 Å². The van der Waals surface area contributed by atoms with Crippen LogP contribution in [0.2, 0.25) is 0 Å². The van der Waals surface area contributed by atoms with Crippen molar-refractivity contribution in [3.63, 3.8) is 0 Å². The van der Waals surface area contributed by atoms with Crippen LogP contribution in [0.25, 0.3) is 0 Å². The molecule has 0 atom stereocenters. The first-order chi connectivity index (χ1) is 8.92. The number of ether oxygens (including phenoxy) is 1. The number of benzene rings is 1. The number of carbonyl (C=O) groups is 1. The van der Waals surface area contributed by atoms with Crippen molar-refractivity contribution in [1.82, 2.24) is 0 Å². The molecular weight excluding hydrogens is 273 g/mol. The van der Waals surface area contributed by atoms with Crippen molar-refractivity contribution in [2.24, 2.45) is 5.73 Å². The third-order valence-corrected chi connectivity index (χ3v) is 2.78. The van der Waals surface area contributed by atoms with Gasteiger partial charge in [-0.25, -0.2) is 4.79 Å². The third-order valence-electron chi connectivity index (χ3n) is 2.78. The minimum Gasteiger partial charge on any atom is -0.443 e. The Morgan fingerprint density at radius 2 is 1.85 bits per heavy atom. The molecule has 1 amide bonds. The Morgan fingerprint density at radius 3 is 2.30 bits per heavy atom. The fourth-order valence-corrected chi connectivity index (χ4v) is 2.01. The maximum atomic E-state index is 12.7. The highest BCUT2D eigenvalue weighted by Gasteiger charge is 2.33. The van der Waals surface area contributed by atoms with Gasteiger partial charge in [-0.3, -0.25) is 0 Å². The predicted molar refractivity (Wildman–Crippen MR) is 69.0 cm³/mol. The average molecular weight is 290 g/mol. The van der Waals surface area contributed by atoms with Gasteiger partial charge in [-0.15, -0.1) is 0 Å². The number of anilines is 1. The number of halogens is 3. The number of carbonyl (C=O) groups excluding carboxylic acids is 1. The van der Waals surface area contributed by atoms with Crippen LogP contribution in [0.4, 0.5) is 23.7 Å². The zero-order valence-corrected chi connectivity index (χ0v) is 11.5. The number of aryl methyl sites for hydroxylation is 1. The normalized spacial score (nSPS) is 12.3. The van der Waals surface area contributed by atoms with E-state index in [9.17, 15) is 18.0 Å². The van der Waals surface area contributed by atoms with Crippen molar-refractivity contribution in [3.8, 4) is 0 Å². The van der Waals surface area contributed by atoms with Crippen LogP contribution in [-0.4, -0.2) is 11.7 Å². The molecule has 0 saturated heterocycles. The number of primary amides is 1. The predicted octanol–water partition coefficient (Wildman–Crippen LogP) is 3.01. The molecule has 0 unspecified atom stereocenters. The molecule has 0 bridgehead atoms. The number of amides is 1. The summed E-state index contributed by atoms with van der Waals surface area (Å²) in [6.45, 7) is 4.56. The lowest BCUT2D eigenvalue weighted by Gasteiger charge is -2.25. The van der Waals surface area contributed by atoms with E-state index in [1.807, 2.05) is 0 Å². The molecule has 0 radical (unpaired) electrons. The molecule has 20 heavy (non-hydrogen) atoms.